The molecule has 1 atom stereocenters. The minimum absolute atomic E-state index is 0.0418. The molecule has 30 heavy (non-hydrogen) atoms. The Morgan fingerprint density at radius 2 is 1.30 bits per heavy atom. The number of rotatable bonds is 5. The highest BCUT2D eigenvalue weighted by atomic mass is 16.3. The molecule has 0 bridgehead atoms. The smallest absolute Gasteiger partial charge is 0.130 e. The number of hydrogen-bond donors (Lipinski definition) is 1. The van der Waals surface area contributed by atoms with Crippen LogP contribution in [0.25, 0.3) is 0 Å². The van der Waals surface area contributed by atoms with Gasteiger partial charge in [0, 0.05) is 12.6 Å². The maximum atomic E-state index is 12.6. The number of aliphatic hydroxyl groups is 1. The molecule has 156 valence electrons. The van der Waals surface area contributed by atoms with Gasteiger partial charge in [-0.2, -0.15) is 0 Å². The van der Waals surface area contributed by atoms with Crippen LogP contribution in [0.5, 0.6) is 0 Å². The lowest BCUT2D eigenvalue weighted by molar-refractivity contribution is -0.00669. The molecule has 0 aromatic heterocycles. The van der Waals surface area contributed by atoms with E-state index in [0.717, 1.165) is 37.1 Å². The van der Waals surface area contributed by atoms with Gasteiger partial charge >= 0.3 is 0 Å². The Morgan fingerprint density at radius 3 is 1.80 bits per heavy atom. The summed E-state index contributed by atoms with van der Waals surface area (Å²) < 4.78 is 0. The van der Waals surface area contributed by atoms with Crippen LogP contribution in [0.4, 0.5) is 0 Å². The van der Waals surface area contributed by atoms with E-state index in [0.29, 0.717) is 0 Å². The third-order valence-corrected chi connectivity index (χ3v) is 6.40. The SMILES string of the molecule is Cc1cc(C)cc(C(O)(c2cc(C)cc(C)c2)[C@@H]2CCCN2Cc2ccccc2)c1. The Morgan fingerprint density at radius 1 is 0.800 bits per heavy atom. The van der Waals surface area contributed by atoms with Crippen molar-refractivity contribution in [2.24, 2.45) is 0 Å². The minimum Gasteiger partial charge on any atom is -0.379 e. The molecule has 1 aliphatic heterocycles. The van der Waals surface area contributed by atoms with Crippen molar-refractivity contribution in [3.05, 3.63) is 106 Å². The van der Waals surface area contributed by atoms with Crippen LogP contribution in [-0.2, 0) is 12.1 Å². The van der Waals surface area contributed by atoms with Crippen LogP contribution in [0.15, 0.2) is 66.7 Å². The average molecular weight is 400 g/mol. The van der Waals surface area contributed by atoms with Crippen molar-refractivity contribution in [1.29, 1.82) is 0 Å². The normalized spacial score (nSPS) is 17.4. The zero-order chi connectivity index (χ0) is 21.3. The van der Waals surface area contributed by atoms with Crippen LogP contribution >= 0.6 is 0 Å². The van der Waals surface area contributed by atoms with E-state index in [-0.39, 0.29) is 6.04 Å². The van der Waals surface area contributed by atoms with Crippen LogP contribution in [0.3, 0.4) is 0 Å². The maximum Gasteiger partial charge on any atom is 0.130 e. The molecule has 0 saturated carbocycles. The summed E-state index contributed by atoms with van der Waals surface area (Å²) in [6, 6.07) is 23.7. The quantitative estimate of drug-likeness (QED) is 0.584. The molecule has 0 unspecified atom stereocenters. The van der Waals surface area contributed by atoms with Crippen LogP contribution in [-0.4, -0.2) is 22.6 Å². The minimum atomic E-state index is -1.04. The lowest BCUT2D eigenvalue weighted by atomic mass is 9.77. The zero-order valence-electron chi connectivity index (χ0n) is 18.7. The van der Waals surface area contributed by atoms with Crippen molar-refractivity contribution in [3.8, 4) is 0 Å². The van der Waals surface area contributed by atoms with E-state index < -0.39 is 5.60 Å². The van der Waals surface area contributed by atoms with Gasteiger partial charge in [-0.15, -0.1) is 0 Å². The number of likely N-dealkylation sites (tertiary alicyclic amines) is 1. The highest BCUT2D eigenvalue weighted by Gasteiger charge is 2.45. The van der Waals surface area contributed by atoms with Crippen LogP contribution in [0, 0.1) is 27.7 Å². The number of benzene rings is 3. The zero-order valence-corrected chi connectivity index (χ0v) is 18.7. The van der Waals surface area contributed by atoms with Crippen LogP contribution < -0.4 is 0 Å². The molecule has 1 saturated heterocycles. The summed E-state index contributed by atoms with van der Waals surface area (Å²) in [5, 5.41) is 12.6. The molecule has 0 aliphatic carbocycles. The van der Waals surface area contributed by atoms with Crippen molar-refractivity contribution in [2.45, 2.75) is 58.7 Å². The Labute approximate surface area is 181 Å². The monoisotopic (exact) mass is 399 g/mol. The van der Waals surface area contributed by atoms with Crippen molar-refractivity contribution in [2.75, 3.05) is 6.54 Å². The first kappa shape index (κ1) is 20.8. The van der Waals surface area contributed by atoms with Crippen molar-refractivity contribution < 1.29 is 5.11 Å². The van der Waals surface area contributed by atoms with Crippen molar-refractivity contribution in [1.82, 2.24) is 4.90 Å². The second kappa shape index (κ2) is 8.37. The van der Waals surface area contributed by atoms with Crippen molar-refractivity contribution in [3.63, 3.8) is 0 Å². The Hall–Kier alpha value is -2.42. The third kappa shape index (κ3) is 4.08. The van der Waals surface area contributed by atoms with E-state index in [1.54, 1.807) is 0 Å². The molecular formula is C28H33NO. The summed E-state index contributed by atoms with van der Waals surface area (Å²) in [4.78, 5) is 2.48. The van der Waals surface area contributed by atoms with Gasteiger partial charge in [-0.05, 0) is 63.8 Å². The first-order valence-electron chi connectivity index (χ1n) is 11.0. The first-order valence-corrected chi connectivity index (χ1v) is 11.0. The van der Waals surface area contributed by atoms with Gasteiger partial charge in [0.05, 0.1) is 0 Å². The Balaban J connectivity index is 1.84. The highest BCUT2D eigenvalue weighted by Crippen LogP contribution is 2.42. The van der Waals surface area contributed by atoms with Gasteiger partial charge in [0.2, 0.25) is 0 Å². The largest absolute Gasteiger partial charge is 0.379 e. The van der Waals surface area contributed by atoms with Gasteiger partial charge in [0.15, 0.2) is 0 Å². The van der Waals surface area contributed by atoms with Gasteiger partial charge in [-0.1, -0.05) is 89.0 Å². The summed E-state index contributed by atoms with van der Waals surface area (Å²) in [6.07, 6.45) is 2.10. The number of nitrogens with zero attached hydrogens (tertiary/aromatic N) is 1. The topological polar surface area (TPSA) is 23.5 Å². The Bertz CT molecular complexity index is 932. The maximum absolute atomic E-state index is 12.6. The molecule has 1 aliphatic rings. The molecule has 4 rings (SSSR count). The van der Waals surface area contributed by atoms with E-state index in [1.165, 1.54) is 27.8 Å². The molecule has 3 aromatic rings. The fourth-order valence-electron chi connectivity index (χ4n) is 5.25. The standard InChI is InChI=1S/C28H33NO/c1-20-13-21(2)16-25(15-20)28(30,26-17-22(3)14-23(4)18-26)27-11-8-12-29(27)19-24-9-6-5-7-10-24/h5-7,9-10,13-18,27,30H,8,11-12,19H2,1-4H3/t27-/m0/s1. The van der Waals surface area contributed by atoms with E-state index in [2.05, 4.69) is 99.3 Å². The van der Waals surface area contributed by atoms with Gasteiger partial charge in [-0.25, -0.2) is 0 Å². The van der Waals surface area contributed by atoms with E-state index in [9.17, 15) is 5.11 Å². The summed E-state index contributed by atoms with van der Waals surface area (Å²) in [7, 11) is 0. The summed E-state index contributed by atoms with van der Waals surface area (Å²) >= 11 is 0. The van der Waals surface area contributed by atoms with Gasteiger partial charge in [0.25, 0.3) is 0 Å². The predicted octanol–water partition coefficient (Wildman–Crippen LogP) is 5.82. The molecule has 0 radical (unpaired) electrons. The molecule has 3 aromatic carbocycles. The Kier molecular flexibility index (Phi) is 5.81. The molecule has 0 amide bonds. The number of hydrogen-bond acceptors (Lipinski definition) is 2. The van der Waals surface area contributed by atoms with Gasteiger partial charge < -0.3 is 5.11 Å². The molecule has 1 fully saturated rings. The van der Waals surface area contributed by atoms with Crippen molar-refractivity contribution >= 4 is 0 Å². The van der Waals surface area contributed by atoms with Gasteiger partial charge in [0.1, 0.15) is 5.60 Å². The predicted molar refractivity (Wildman–Crippen MR) is 125 cm³/mol. The molecule has 2 nitrogen and oxygen atoms in total. The second-order valence-electron chi connectivity index (χ2n) is 9.13. The summed E-state index contributed by atoms with van der Waals surface area (Å²) in [5.41, 5.74) is 7.05. The van der Waals surface area contributed by atoms with Crippen LogP contribution in [0.2, 0.25) is 0 Å². The molecule has 1 heterocycles. The second-order valence-corrected chi connectivity index (χ2v) is 9.13. The average Bonchev–Trinajstić information content (AvgIpc) is 3.15. The first-order chi connectivity index (χ1) is 14.4. The lowest BCUT2D eigenvalue weighted by Crippen LogP contribution is -2.48. The van der Waals surface area contributed by atoms with Crippen LogP contribution in [0.1, 0.15) is 51.8 Å². The highest BCUT2D eigenvalue weighted by molar-refractivity contribution is 5.44. The summed E-state index contributed by atoms with van der Waals surface area (Å²) in [5.74, 6) is 0. The molecule has 0 spiro atoms. The fraction of sp³-hybridized carbons (Fsp3) is 0.357. The molecular weight excluding hydrogens is 366 g/mol. The molecule has 1 N–H and O–H groups in total. The number of aryl methyl sites for hydroxylation is 4. The summed E-state index contributed by atoms with van der Waals surface area (Å²) in [6.45, 7) is 10.4. The van der Waals surface area contributed by atoms with E-state index in [4.69, 9.17) is 0 Å². The fourth-order valence-corrected chi connectivity index (χ4v) is 5.25. The van der Waals surface area contributed by atoms with Gasteiger partial charge in [-0.3, -0.25) is 4.90 Å². The lowest BCUT2D eigenvalue weighted by Gasteiger charge is -2.41. The van der Waals surface area contributed by atoms with E-state index in [1.807, 2.05) is 0 Å². The molecule has 2 heteroatoms. The third-order valence-electron chi connectivity index (χ3n) is 6.40. The van der Waals surface area contributed by atoms with E-state index >= 15 is 0 Å².